The zero-order valence-electron chi connectivity index (χ0n) is 8.10. The molecule has 0 heterocycles. The van der Waals surface area contributed by atoms with Crippen LogP contribution in [0.3, 0.4) is 0 Å². The maximum atomic E-state index is 11.5. The molecule has 0 aliphatic rings. The fourth-order valence-electron chi connectivity index (χ4n) is 0.943. The molecule has 0 aliphatic heterocycles. The Hall–Kier alpha value is -1.07. The third kappa shape index (κ3) is 2.71. The first-order valence-electron chi connectivity index (χ1n) is 4.20. The van der Waals surface area contributed by atoms with Crippen molar-refractivity contribution in [2.45, 2.75) is 24.8 Å². The van der Waals surface area contributed by atoms with Crippen molar-refractivity contribution >= 4 is 15.8 Å². The van der Waals surface area contributed by atoms with Gasteiger partial charge in [0, 0.05) is 5.69 Å². The normalized spacial score (nSPS) is 11.9. The second-order valence-electron chi connectivity index (χ2n) is 3.17. The SMILES string of the molecule is CC(C)OS(=O)(=O)c1ccc(N)cc1. The van der Waals surface area contributed by atoms with E-state index < -0.39 is 10.1 Å². The Labute approximate surface area is 83.8 Å². The monoisotopic (exact) mass is 215 g/mol. The molecule has 1 aromatic carbocycles. The van der Waals surface area contributed by atoms with Crippen molar-refractivity contribution in [3.63, 3.8) is 0 Å². The van der Waals surface area contributed by atoms with Crippen molar-refractivity contribution in [3.05, 3.63) is 24.3 Å². The van der Waals surface area contributed by atoms with Gasteiger partial charge in [-0.2, -0.15) is 8.42 Å². The Kier molecular flexibility index (Phi) is 3.13. The van der Waals surface area contributed by atoms with Crippen LogP contribution in [-0.4, -0.2) is 14.5 Å². The van der Waals surface area contributed by atoms with Crippen LogP contribution >= 0.6 is 0 Å². The largest absolute Gasteiger partial charge is 0.399 e. The lowest BCUT2D eigenvalue weighted by Gasteiger charge is -2.07. The number of hydrogen-bond acceptors (Lipinski definition) is 4. The van der Waals surface area contributed by atoms with Gasteiger partial charge < -0.3 is 5.73 Å². The highest BCUT2D eigenvalue weighted by Gasteiger charge is 2.16. The zero-order valence-corrected chi connectivity index (χ0v) is 8.91. The summed E-state index contributed by atoms with van der Waals surface area (Å²) in [7, 11) is -3.63. The molecule has 78 valence electrons. The van der Waals surface area contributed by atoms with Crippen molar-refractivity contribution < 1.29 is 12.6 Å². The number of benzene rings is 1. The van der Waals surface area contributed by atoms with Gasteiger partial charge in [0.1, 0.15) is 0 Å². The average Bonchev–Trinajstić information content (AvgIpc) is 2.02. The van der Waals surface area contributed by atoms with E-state index in [1.807, 2.05) is 0 Å². The van der Waals surface area contributed by atoms with Gasteiger partial charge in [0.15, 0.2) is 0 Å². The molecule has 1 rings (SSSR count). The van der Waals surface area contributed by atoms with Crippen molar-refractivity contribution in [1.29, 1.82) is 0 Å². The molecule has 0 radical (unpaired) electrons. The second kappa shape index (κ2) is 3.98. The summed E-state index contributed by atoms with van der Waals surface area (Å²) in [5, 5.41) is 0. The molecule has 0 aromatic heterocycles. The Balaban J connectivity index is 2.99. The molecule has 0 saturated carbocycles. The summed E-state index contributed by atoms with van der Waals surface area (Å²) in [6.07, 6.45) is -0.363. The van der Waals surface area contributed by atoms with Gasteiger partial charge in [-0.05, 0) is 38.1 Å². The van der Waals surface area contributed by atoms with Crippen LogP contribution in [0.2, 0.25) is 0 Å². The lowest BCUT2D eigenvalue weighted by Crippen LogP contribution is -2.12. The summed E-state index contributed by atoms with van der Waals surface area (Å²) in [6.45, 7) is 3.32. The first-order chi connectivity index (χ1) is 6.42. The van der Waals surface area contributed by atoms with Crippen molar-refractivity contribution in [3.8, 4) is 0 Å². The molecule has 0 saturated heterocycles. The van der Waals surface area contributed by atoms with E-state index in [0.717, 1.165) is 0 Å². The van der Waals surface area contributed by atoms with Crippen LogP contribution in [0, 0.1) is 0 Å². The van der Waals surface area contributed by atoms with E-state index >= 15 is 0 Å². The predicted octanol–water partition coefficient (Wildman–Crippen LogP) is 1.38. The minimum Gasteiger partial charge on any atom is -0.399 e. The van der Waals surface area contributed by atoms with E-state index in [4.69, 9.17) is 9.92 Å². The maximum absolute atomic E-state index is 11.5. The molecule has 0 fully saturated rings. The van der Waals surface area contributed by atoms with Crippen LogP contribution in [0.25, 0.3) is 0 Å². The molecule has 0 spiro atoms. The van der Waals surface area contributed by atoms with Crippen LogP contribution in [0.4, 0.5) is 5.69 Å². The molecule has 0 amide bonds. The Bertz CT molecular complexity index is 395. The second-order valence-corrected chi connectivity index (χ2v) is 4.74. The van der Waals surface area contributed by atoms with E-state index in [1.54, 1.807) is 13.8 Å². The first-order valence-corrected chi connectivity index (χ1v) is 5.61. The van der Waals surface area contributed by atoms with Gasteiger partial charge in [-0.15, -0.1) is 0 Å². The number of rotatable bonds is 3. The molecule has 2 N–H and O–H groups in total. The summed E-state index contributed by atoms with van der Waals surface area (Å²) in [6, 6.07) is 5.90. The van der Waals surface area contributed by atoms with Crippen LogP contribution < -0.4 is 5.73 Å². The summed E-state index contributed by atoms with van der Waals surface area (Å²) in [4.78, 5) is 0.125. The third-order valence-corrected chi connectivity index (χ3v) is 2.98. The zero-order chi connectivity index (χ0) is 10.8. The first kappa shape index (κ1) is 11.0. The highest BCUT2D eigenvalue weighted by molar-refractivity contribution is 7.86. The molecule has 0 aliphatic carbocycles. The van der Waals surface area contributed by atoms with Gasteiger partial charge in [0.05, 0.1) is 11.0 Å². The predicted molar refractivity (Wildman–Crippen MR) is 54.3 cm³/mol. The van der Waals surface area contributed by atoms with E-state index in [1.165, 1.54) is 24.3 Å². The number of anilines is 1. The summed E-state index contributed by atoms with van der Waals surface area (Å²) < 4.78 is 27.8. The molecular formula is C9H13NO3S. The van der Waals surface area contributed by atoms with Crippen LogP contribution in [0.5, 0.6) is 0 Å². The summed E-state index contributed by atoms with van der Waals surface area (Å²) in [5.74, 6) is 0. The number of nitrogen functional groups attached to an aromatic ring is 1. The standard InChI is InChI=1S/C9H13NO3S/c1-7(2)13-14(11,12)9-5-3-8(10)4-6-9/h3-7H,10H2,1-2H3. The number of nitrogens with two attached hydrogens (primary N) is 1. The molecule has 5 heteroatoms. The van der Waals surface area contributed by atoms with Crippen molar-refractivity contribution in [2.75, 3.05) is 5.73 Å². The van der Waals surface area contributed by atoms with Crippen LogP contribution in [0.15, 0.2) is 29.2 Å². The highest BCUT2D eigenvalue weighted by atomic mass is 32.2. The number of hydrogen-bond donors (Lipinski definition) is 1. The molecule has 1 aromatic rings. The Morgan fingerprint density at radius 2 is 1.71 bits per heavy atom. The Morgan fingerprint density at radius 1 is 1.21 bits per heavy atom. The van der Waals surface area contributed by atoms with Gasteiger partial charge in [-0.25, -0.2) is 0 Å². The van der Waals surface area contributed by atoms with Crippen LogP contribution in [0.1, 0.15) is 13.8 Å². The van der Waals surface area contributed by atoms with E-state index in [-0.39, 0.29) is 11.0 Å². The van der Waals surface area contributed by atoms with Gasteiger partial charge in [0.2, 0.25) is 0 Å². The fourth-order valence-corrected chi connectivity index (χ4v) is 2.03. The molecule has 0 bridgehead atoms. The van der Waals surface area contributed by atoms with Crippen molar-refractivity contribution in [1.82, 2.24) is 0 Å². The minimum atomic E-state index is -3.63. The van der Waals surface area contributed by atoms with Gasteiger partial charge in [-0.3, -0.25) is 4.18 Å². The van der Waals surface area contributed by atoms with Gasteiger partial charge >= 0.3 is 0 Å². The minimum absolute atomic E-state index is 0.125. The summed E-state index contributed by atoms with van der Waals surface area (Å²) in [5.41, 5.74) is 5.96. The molecule has 14 heavy (non-hydrogen) atoms. The fraction of sp³-hybridized carbons (Fsp3) is 0.333. The quantitative estimate of drug-likeness (QED) is 0.611. The highest BCUT2D eigenvalue weighted by Crippen LogP contribution is 2.15. The van der Waals surface area contributed by atoms with Crippen molar-refractivity contribution in [2.24, 2.45) is 0 Å². The van der Waals surface area contributed by atoms with E-state index in [9.17, 15) is 8.42 Å². The molecule has 4 nitrogen and oxygen atoms in total. The summed E-state index contributed by atoms with van der Waals surface area (Å²) >= 11 is 0. The van der Waals surface area contributed by atoms with E-state index in [0.29, 0.717) is 5.69 Å². The van der Waals surface area contributed by atoms with E-state index in [2.05, 4.69) is 0 Å². The molecule has 0 unspecified atom stereocenters. The molecule has 0 atom stereocenters. The Morgan fingerprint density at radius 3 is 2.14 bits per heavy atom. The average molecular weight is 215 g/mol. The molecular weight excluding hydrogens is 202 g/mol. The van der Waals surface area contributed by atoms with Gasteiger partial charge in [-0.1, -0.05) is 0 Å². The maximum Gasteiger partial charge on any atom is 0.297 e. The third-order valence-electron chi connectivity index (χ3n) is 1.49. The lowest BCUT2D eigenvalue weighted by atomic mass is 10.3. The topological polar surface area (TPSA) is 69.4 Å². The van der Waals surface area contributed by atoms with Gasteiger partial charge in [0.25, 0.3) is 10.1 Å². The smallest absolute Gasteiger partial charge is 0.297 e. The van der Waals surface area contributed by atoms with Crippen LogP contribution in [-0.2, 0) is 14.3 Å². The lowest BCUT2D eigenvalue weighted by molar-refractivity contribution is 0.249.